The number of likely N-dealkylation sites (N-methyl/N-ethyl adjacent to an activating group) is 2. The minimum absolute atomic E-state index is 0.0881. The van der Waals surface area contributed by atoms with Crippen LogP contribution in [-0.2, 0) is 14.8 Å². The van der Waals surface area contributed by atoms with Crippen molar-refractivity contribution in [3.8, 4) is 0 Å². The molecule has 0 aliphatic carbocycles. The third-order valence-corrected chi connectivity index (χ3v) is 5.14. The number of benzene rings is 1. The zero-order valence-corrected chi connectivity index (χ0v) is 13.4. The minimum Gasteiger partial charge on any atom is -0.396 e. The third-order valence-electron chi connectivity index (χ3n) is 3.08. The first kappa shape index (κ1) is 17.4. The van der Waals surface area contributed by atoms with Gasteiger partial charge in [-0.15, -0.1) is 0 Å². The highest BCUT2D eigenvalue weighted by Crippen LogP contribution is 2.24. The van der Waals surface area contributed by atoms with Crippen molar-refractivity contribution in [1.82, 2.24) is 9.21 Å². The number of anilines is 1. The highest BCUT2D eigenvalue weighted by molar-refractivity contribution is 7.89. The molecular weight excluding hydrogens is 297 g/mol. The Kier molecular flexibility index (Phi) is 5.30. The van der Waals surface area contributed by atoms with Crippen LogP contribution in [0.4, 0.5) is 10.1 Å². The number of carbonyl (C=O) groups excluding carboxylic acids is 1. The molecule has 0 radical (unpaired) electrons. The Morgan fingerprint density at radius 3 is 2.38 bits per heavy atom. The molecule has 0 saturated carbocycles. The Hall–Kier alpha value is -1.67. The number of hydrogen-bond acceptors (Lipinski definition) is 4. The molecule has 8 heteroatoms. The van der Waals surface area contributed by atoms with Crippen LogP contribution >= 0.6 is 0 Å². The largest absolute Gasteiger partial charge is 0.396 e. The first-order valence-corrected chi connectivity index (χ1v) is 7.81. The standard InChI is InChI=1S/C13H20FN3O3S/c1-5-17(8-13(18)16(3)4)21(19,20)12-7-11(15)10(14)6-9(12)2/h6-7H,5,8,15H2,1-4H3. The zero-order chi connectivity index (χ0) is 16.4. The van der Waals surface area contributed by atoms with Gasteiger partial charge in [0.05, 0.1) is 17.1 Å². The van der Waals surface area contributed by atoms with Gasteiger partial charge in [-0.2, -0.15) is 4.31 Å². The summed E-state index contributed by atoms with van der Waals surface area (Å²) >= 11 is 0. The maximum absolute atomic E-state index is 13.4. The predicted molar refractivity (Wildman–Crippen MR) is 78.7 cm³/mol. The topological polar surface area (TPSA) is 83.7 Å². The molecule has 0 aromatic heterocycles. The van der Waals surface area contributed by atoms with Crippen LogP contribution in [0.5, 0.6) is 0 Å². The van der Waals surface area contributed by atoms with Crippen LogP contribution in [0.25, 0.3) is 0 Å². The average molecular weight is 317 g/mol. The molecular formula is C13H20FN3O3S. The number of nitrogens with two attached hydrogens (primary N) is 1. The van der Waals surface area contributed by atoms with Gasteiger partial charge in [-0.1, -0.05) is 6.92 Å². The third kappa shape index (κ3) is 3.70. The smallest absolute Gasteiger partial charge is 0.243 e. The van der Waals surface area contributed by atoms with Crippen molar-refractivity contribution in [2.24, 2.45) is 0 Å². The van der Waals surface area contributed by atoms with Gasteiger partial charge >= 0.3 is 0 Å². The van der Waals surface area contributed by atoms with Gasteiger partial charge in [0.1, 0.15) is 5.82 Å². The molecule has 1 aromatic carbocycles. The number of amides is 1. The van der Waals surface area contributed by atoms with Crippen molar-refractivity contribution in [1.29, 1.82) is 0 Å². The van der Waals surface area contributed by atoms with Crippen molar-refractivity contribution >= 4 is 21.6 Å². The van der Waals surface area contributed by atoms with Crippen molar-refractivity contribution in [3.05, 3.63) is 23.5 Å². The van der Waals surface area contributed by atoms with Gasteiger partial charge in [-0.25, -0.2) is 12.8 Å². The summed E-state index contributed by atoms with van der Waals surface area (Å²) in [5.41, 5.74) is 5.45. The molecule has 2 N–H and O–H groups in total. The van der Waals surface area contributed by atoms with E-state index < -0.39 is 15.8 Å². The van der Waals surface area contributed by atoms with E-state index in [2.05, 4.69) is 0 Å². The van der Waals surface area contributed by atoms with Gasteiger partial charge in [-0.05, 0) is 24.6 Å². The number of aryl methyl sites for hydroxylation is 1. The van der Waals surface area contributed by atoms with Crippen LogP contribution in [0.3, 0.4) is 0 Å². The van der Waals surface area contributed by atoms with E-state index in [0.29, 0.717) is 0 Å². The molecule has 1 aromatic rings. The molecule has 0 heterocycles. The molecule has 118 valence electrons. The predicted octanol–water partition coefficient (Wildman–Crippen LogP) is 0.815. The summed E-state index contributed by atoms with van der Waals surface area (Å²) in [6.07, 6.45) is 0. The SMILES string of the molecule is CCN(CC(=O)N(C)C)S(=O)(=O)c1cc(N)c(F)cc1C. The molecule has 0 unspecified atom stereocenters. The number of rotatable bonds is 5. The van der Waals surface area contributed by atoms with Crippen LogP contribution < -0.4 is 5.73 Å². The Bertz CT molecular complexity index is 644. The second-order valence-corrected chi connectivity index (χ2v) is 6.76. The van der Waals surface area contributed by atoms with Gasteiger partial charge in [0.2, 0.25) is 15.9 Å². The quantitative estimate of drug-likeness (QED) is 0.815. The summed E-state index contributed by atoms with van der Waals surface area (Å²) in [5.74, 6) is -1.01. The summed E-state index contributed by atoms with van der Waals surface area (Å²) in [6.45, 7) is 2.96. The maximum Gasteiger partial charge on any atom is 0.243 e. The van der Waals surface area contributed by atoms with E-state index >= 15 is 0 Å². The maximum atomic E-state index is 13.4. The van der Waals surface area contributed by atoms with E-state index in [1.54, 1.807) is 21.0 Å². The first-order valence-electron chi connectivity index (χ1n) is 6.37. The Morgan fingerprint density at radius 1 is 1.33 bits per heavy atom. The van der Waals surface area contributed by atoms with Crippen molar-refractivity contribution in [2.45, 2.75) is 18.7 Å². The van der Waals surface area contributed by atoms with E-state index in [1.807, 2.05) is 0 Å². The Balaban J connectivity index is 3.25. The molecule has 1 amide bonds. The van der Waals surface area contributed by atoms with Gasteiger partial charge in [0.25, 0.3) is 0 Å². The fourth-order valence-electron chi connectivity index (χ4n) is 1.74. The van der Waals surface area contributed by atoms with E-state index in [-0.39, 0.29) is 35.1 Å². The van der Waals surface area contributed by atoms with Gasteiger partial charge in [0.15, 0.2) is 0 Å². The van der Waals surface area contributed by atoms with Crippen molar-refractivity contribution in [3.63, 3.8) is 0 Å². The lowest BCUT2D eigenvalue weighted by molar-refractivity contribution is -0.128. The number of nitrogens with zero attached hydrogens (tertiary/aromatic N) is 2. The number of nitrogen functional groups attached to an aromatic ring is 1. The lowest BCUT2D eigenvalue weighted by Gasteiger charge is -2.23. The summed E-state index contributed by atoms with van der Waals surface area (Å²) in [7, 11) is -0.819. The lowest BCUT2D eigenvalue weighted by Crippen LogP contribution is -2.40. The van der Waals surface area contributed by atoms with Gasteiger partial charge < -0.3 is 10.6 Å². The normalized spacial score (nSPS) is 11.7. The molecule has 0 bridgehead atoms. The number of sulfonamides is 1. The van der Waals surface area contributed by atoms with Gasteiger partial charge in [-0.3, -0.25) is 4.79 Å². The second kappa shape index (κ2) is 6.40. The molecule has 0 atom stereocenters. The van der Waals surface area contributed by atoms with Crippen molar-refractivity contribution in [2.75, 3.05) is 32.9 Å². The molecule has 6 nitrogen and oxygen atoms in total. The average Bonchev–Trinajstić information content (AvgIpc) is 2.39. The zero-order valence-electron chi connectivity index (χ0n) is 12.6. The molecule has 0 fully saturated rings. The summed E-state index contributed by atoms with van der Waals surface area (Å²) < 4.78 is 39.6. The van der Waals surface area contributed by atoms with E-state index in [4.69, 9.17) is 5.73 Å². The summed E-state index contributed by atoms with van der Waals surface area (Å²) in [4.78, 5) is 13.0. The molecule has 1 rings (SSSR count). The van der Waals surface area contributed by atoms with Crippen molar-refractivity contribution < 1.29 is 17.6 Å². The van der Waals surface area contributed by atoms with Crippen LogP contribution in [0.2, 0.25) is 0 Å². The fourth-order valence-corrected chi connectivity index (χ4v) is 3.38. The van der Waals surface area contributed by atoms with E-state index in [0.717, 1.165) is 16.4 Å². The summed E-state index contributed by atoms with van der Waals surface area (Å²) in [6, 6.07) is 2.16. The molecule has 0 aliphatic rings. The fraction of sp³-hybridized carbons (Fsp3) is 0.462. The van der Waals surface area contributed by atoms with Crippen LogP contribution in [0.15, 0.2) is 17.0 Å². The highest BCUT2D eigenvalue weighted by atomic mass is 32.2. The Labute approximate surface area is 124 Å². The first-order chi connectivity index (χ1) is 9.61. The van der Waals surface area contributed by atoms with Crippen LogP contribution in [-0.4, -0.2) is 50.7 Å². The van der Waals surface area contributed by atoms with E-state index in [9.17, 15) is 17.6 Å². The molecule has 0 aliphatic heterocycles. The molecule has 21 heavy (non-hydrogen) atoms. The van der Waals surface area contributed by atoms with Crippen LogP contribution in [0, 0.1) is 12.7 Å². The minimum atomic E-state index is -3.91. The number of hydrogen-bond donors (Lipinski definition) is 1. The van der Waals surface area contributed by atoms with E-state index in [1.165, 1.54) is 11.8 Å². The van der Waals surface area contributed by atoms with Gasteiger partial charge in [0, 0.05) is 20.6 Å². The summed E-state index contributed by atoms with van der Waals surface area (Å²) in [5, 5.41) is 0. The highest BCUT2D eigenvalue weighted by Gasteiger charge is 2.28. The number of halogens is 1. The molecule has 0 saturated heterocycles. The number of carbonyl (C=O) groups is 1. The molecule has 0 spiro atoms. The Morgan fingerprint density at radius 2 is 1.90 bits per heavy atom. The second-order valence-electron chi connectivity index (χ2n) is 4.86. The van der Waals surface area contributed by atoms with Crippen LogP contribution in [0.1, 0.15) is 12.5 Å². The monoisotopic (exact) mass is 317 g/mol. The lowest BCUT2D eigenvalue weighted by atomic mass is 10.2.